The fourth-order valence-electron chi connectivity index (χ4n) is 4.99. The van der Waals surface area contributed by atoms with Crippen molar-refractivity contribution in [3.05, 3.63) is 101 Å². The average Bonchev–Trinajstić information content (AvgIpc) is 3.41. The highest BCUT2D eigenvalue weighted by molar-refractivity contribution is 7.80. The first-order chi connectivity index (χ1) is 18.4. The average molecular weight is 547 g/mol. The van der Waals surface area contributed by atoms with Gasteiger partial charge in [0.2, 0.25) is 5.91 Å². The van der Waals surface area contributed by atoms with Crippen LogP contribution in [0.5, 0.6) is 0 Å². The second-order valence-corrected chi connectivity index (χ2v) is 9.81. The molecule has 1 aromatic carbocycles. The summed E-state index contributed by atoms with van der Waals surface area (Å²) in [6.45, 7) is 4.13. The van der Waals surface area contributed by atoms with Gasteiger partial charge in [-0.2, -0.15) is 0 Å². The second-order valence-electron chi connectivity index (χ2n) is 9.02. The summed E-state index contributed by atoms with van der Waals surface area (Å²) in [5, 5.41) is 7.22. The number of aryl methyl sites for hydroxylation is 1. The molecule has 10 heteroatoms. The van der Waals surface area contributed by atoms with E-state index in [9.17, 15) is 4.79 Å². The Morgan fingerprint density at radius 3 is 2.66 bits per heavy atom. The van der Waals surface area contributed by atoms with Crippen LogP contribution in [-0.2, 0) is 9.53 Å². The minimum Gasteiger partial charge on any atom is -0.375 e. The zero-order chi connectivity index (χ0) is 26.8. The van der Waals surface area contributed by atoms with Crippen LogP contribution in [0.15, 0.2) is 73.2 Å². The van der Waals surface area contributed by atoms with Crippen molar-refractivity contribution in [1.29, 1.82) is 0 Å². The third-order valence-electron chi connectivity index (χ3n) is 6.57. The maximum absolute atomic E-state index is 12.0. The summed E-state index contributed by atoms with van der Waals surface area (Å²) in [4.78, 5) is 23.1. The molecule has 0 unspecified atom stereocenters. The number of ether oxygens (including phenoxy) is 1. The molecular weight excluding hydrogens is 520 g/mol. The van der Waals surface area contributed by atoms with E-state index in [0.717, 1.165) is 34.0 Å². The molecule has 2 N–H and O–H groups in total. The zero-order valence-electron chi connectivity index (χ0n) is 21.2. The van der Waals surface area contributed by atoms with Gasteiger partial charge >= 0.3 is 0 Å². The number of rotatable bonds is 7. The molecule has 1 aliphatic rings. The molecule has 38 heavy (non-hydrogen) atoms. The lowest BCUT2D eigenvalue weighted by molar-refractivity contribution is -0.119. The summed E-state index contributed by atoms with van der Waals surface area (Å²) in [6.07, 6.45) is 5.40. The summed E-state index contributed by atoms with van der Waals surface area (Å²) >= 11 is 12.5. The van der Waals surface area contributed by atoms with Gasteiger partial charge in [-0.3, -0.25) is 14.8 Å². The van der Waals surface area contributed by atoms with Crippen LogP contribution in [0.4, 0.5) is 11.4 Å². The van der Waals surface area contributed by atoms with Gasteiger partial charge < -0.3 is 24.8 Å². The van der Waals surface area contributed by atoms with E-state index in [1.807, 2.05) is 48.7 Å². The van der Waals surface area contributed by atoms with Crippen molar-refractivity contribution in [3.63, 3.8) is 0 Å². The number of amides is 1. The van der Waals surface area contributed by atoms with Crippen molar-refractivity contribution >= 4 is 46.2 Å². The zero-order valence-corrected chi connectivity index (χ0v) is 22.8. The van der Waals surface area contributed by atoms with Crippen molar-refractivity contribution < 1.29 is 9.53 Å². The summed E-state index contributed by atoms with van der Waals surface area (Å²) in [7, 11) is 1.47. The maximum Gasteiger partial charge on any atom is 0.250 e. The Morgan fingerprint density at radius 2 is 1.97 bits per heavy atom. The monoisotopic (exact) mass is 546 g/mol. The number of hydrogen-bond acceptors (Lipinski definition) is 5. The molecule has 3 aromatic heterocycles. The van der Waals surface area contributed by atoms with Crippen molar-refractivity contribution in [2.45, 2.75) is 25.9 Å². The maximum atomic E-state index is 12.0. The van der Waals surface area contributed by atoms with E-state index < -0.39 is 0 Å². The number of nitrogens with zero attached hydrogens (tertiary/aromatic N) is 4. The van der Waals surface area contributed by atoms with Gasteiger partial charge in [-0.1, -0.05) is 17.7 Å². The van der Waals surface area contributed by atoms with Crippen LogP contribution in [0.25, 0.3) is 5.69 Å². The smallest absolute Gasteiger partial charge is 0.250 e. The minimum atomic E-state index is -0.281. The first kappa shape index (κ1) is 25.8. The molecule has 0 saturated carbocycles. The SMILES string of the molecule is COCC(=O)Nc1ccc(N2C(=S)N[C@@H](c3ccccn3)[C@H]2c2cc(C)n(-c3cccnc3)c2C)cc1Cl. The van der Waals surface area contributed by atoms with Crippen LogP contribution in [0.2, 0.25) is 5.02 Å². The first-order valence-electron chi connectivity index (χ1n) is 12.1. The number of nitrogens with one attached hydrogen (secondary N) is 2. The third kappa shape index (κ3) is 4.88. The van der Waals surface area contributed by atoms with Crippen LogP contribution >= 0.6 is 23.8 Å². The first-order valence-corrected chi connectivity index (χ1v) is 12.9. The number of hydrogen-bond donors (Lipinski definition) is 2. The summed E-state index contributed by atoms with van der Waals surface area (Å²) in [5.74, 6) is -0.281. The van der Waals surface area contributed by atoms with Crippen LogP contribution < -0.4 is 15.5 Å². The highest BCUT2D eigenvalue weighted by atomic mass is 35.5. The van der Waals surface area contributed by atoms with Gasteiger partial charge in [0.05, 0.1) is 40.4 Å². The number of anilines is 2. The van der Waals surface area contributed by atoms with Gasteiger partial charge in [0.25, 0.3) is 0 Å². The molecule has 0 radical (unpaired) electrons. The van der Waals surface area contributed by atoms with Crippen LogP contribution in [0.1, 0.15) is 34.7 Å². The van der Waals surface area contributed by atoms with E-state index in [0.29, 0.717) is 15.8 Å². The van der Waals surface area contributed by atoms with E-state index in [1.165, 1.54) is 7.11 Å². The van der Waals surface area contributed by atoms with E-state index in [4.69, 9.17) is 28.6 Å². The van der Waals surface area contributed by atoms with Gasteiger partial charge in [0.1, 0.15) is 6.61 Å². The Labute approximate surface area is 231 Å². The quantitative estimate of drug-likeness (QED) is 0.304. The number of pyridine rings is 2. The van der Waals surface area contributed by atoms with Crippen LogP contribution in [0, 0.1) is 13.8 Å². The lowest BCUT2D eigenvalue weighted by Crippen LogP contribution is -2.29. The summed E-state index contributed by atoms with van der Waals surface area (Å²) < 4.78 is 7.10. The van der Waals surface area contributed by atoms with Gasteiger partial charge in [-0.25, -0.2) is 0 Å². The number of carbonyl (C=O) groups is 1. The standard InChI is InChI=1S/C28H27ClN6O2S/c1-17-13-21(18(2)34(17)20-7-6-11-30-15-20)27-26(24-8-4-5-12-31-24)33-28(38)35(27)19-9-10-23(22(29)14-19)32-25(36)16-37-3/h4-15,26-27H,16H2,1-3H3,(H,32,36)(H,33,38)/t26-,27+/m0/s1. The van der Waals surface area contributed by atoms with Crippen molar-refractivity contribution in [3.8, 4) is 5.69 Å². The van der Waals surface area contributed by atoms with Crippen LogP contribution in [0.3, 0.4) is 0 Å². The summed E-state index contributed by atoms with van der Waals surface area (Å²) in [6, 6.07) is 17.1. The van der Waals surface area contributed by atoms with E-state index in [2.05, 4.69) is 50.0 Å². The van der Waals surface area contributed by atoms with Gasteiger partial charge in [-0.05, 0) is 80.2 Å². The van der Waals surface area contributed by atoms with Gasteiger partial charge in [-0.15, -0.1) is 0 Å². The Balaban J connectivity index is 1.60. The number of halogens is 1. The van der Waals surface area contributed by atoms with Crippen molar-refractivity contribution in [1.82, 2.24) is 19.9 Å². The Kier molecular flexibility index (Phi) is 7.42. The molecule has 5 rings (SSSR count). The van der Waals surface area contributed by atoms with Crippen LogP contribution in [-0.4, -0.2) is 39.3 Å². The Morgan fingerprint density at radius 1 is 1.13 bits per heavy atom. The molecule has 194 valence electrons. The molecule has 4 aromatic rings. The summed E-state index contributed by atoms with van der Waals surface area (Å²) in [5.41, 5.74) is 6.42. The molecule has 0 aliphatic carbocycles. The number of benzene rings is 1. The molecule has 1 fully saturated rings. The van der Waals surface area contributed by atoms with Gasteiger partial charge in [0, 0.05) is 36.6 Å². The molecule has 1 aliphatic heterocycles. The lowest BCUT2D eigenvalue weighted by atomic mass is 9.96. The molecule has 0 spiro atoms. The molecule has 0 bridgehead atoms. The highest BCUT2D eigenvalue weighted by Crippen LogP contribution is 2.44. The Hall–Kier alpha value is -3.79. The van der Waals surface area contributed by atoms with E-state index in [1.54, 1.807) is 18.5 Å². The van der Waals surface area contributed by atoms with Gasteiger partial charge in [0.15, 0.2) is 5.11 Å². The fraction of sp³-hybridized carbons (Fsp3) is 0.214. The molecule has 4 heterocycles. The number of thiocarbonyl (C=S) groups is 1. The topological polar surface area (TPSA) is 84.3 Å². The predicted octanol–water partition coefficient (Wildman–Crippen LogP) is 5.30. The van der Waals surface area contributed by atoms with E-state index in [-0.39, 0.29) is 24.6 Å². The van der Waals surface area contributed by atoms with Crippen molar-refractivity contribution in [2.24, 2.45) is 0 Å². The minimum absolute atomic E-state index is 0.0570. The molecule has 2 atom stereocenters. The largest absolute Gasteiger partial charge is 0.375 e. The number of methoxy groups -OCH3 is 1. The normalized spacial score (nSPS) is 16.9. The Bertz CT molecular complexity index is 1480. The fourth-order valence-corrected chi connectivity index (χ4v) is 5.56. The molecule has 1 saturated heterocycles. The second kappa shape index (κ2) is 10.9. The predicted molar refractivity (Wildman–Crippen MR) is 153 cm³/mol. The lowest BCUT2D eigenvalue weighted by Gasteiger charge is -2.28. The third-order valence-corrected chi connectivity index (χ3v) is 7.20. The number of aromatic nitrogens is 3. The molecule has 1 amide bonds. The number of carbonyl (C=O) groups excluding carboxylic acids is 1. The molecular formula is C28H27ClN6O2S. The molecule has 8 nitrogen and oxygen atoms in total. The van der Waals surface area contributed by atoms with E-state index >= 15 is 0 Å². The van der Waals surface area contributed by atoms with Crippen molar-refractivity contribution in [2.75, 3.05) is 23.9 Å². The highest BCUT2D eigenvalue weighted by Gasteiger charge is 2.42.